The van der Waals surface area contributed by atoms with E-state index in [0.29, 0.717) is 0 Å². The number of anilines is 1. The molecule has 0 bridgehead atoms. The van der Waals surface area contributed by atoms with E-state index < -0.39 is 0 Å². The third kappa shape index (κ3) is 6.11. The first-order valence-electron chi connectivity index (χ1n) is 8.78. The van der Waals surface area contributed by atoms with Crippen molar-refractivity contribution in [2.75, 3.05) is 31.5 Å². The molecule has 23 heavy (non-hydrogen) atoms. The Bertz CT molecular complexity index is 519. The zero-order valence-corrected chi connectivity index (χ0v) is 15.8. The molecule has 128 valence electrons. The summed E-state index contributed by atoms with van der Waals surface area (Å²) >= 11 is 5.40. The molecule has 1 saturated heterocycles. The molecule has 4 heteroatoms. The van der Waals surface area contributed by atoms with E-state index in [4.69, 9.17) is 12.2 Å². The van der Waals surface area contributed by atoms with Crippen LogP contribution in [-0.4, -0.2) is 36.2 Å². The number of aryl methyl sites for hydroxylation is 2. The Morgan fingerprint density at radius 1 is 1.22 bits per heavy atom. The van der Waals surface area contributed by atoms with Gasteiger partial charge in [0.1, 0.15) is 0 Å². The van der Waals surface area contributed by atoms with Gasteiger partial charge in [-0.25, -0.2) is 0 Å². The lowest BCUT2D eigenvalue weighted by Crippen LogP contribution is -2.40. The highest BCUT2D eigenvalue weighted by molar-refractivity contribution is 7.80. The first-order valence-corrected chi connectivity index (χ1v) is 9.19. The molecule has 0 saturated carbocycles. The first-order chi connectivity index (χ1) is 10.9. The average molecular weight is 334 g/mol. The van der Waals surface area contributed by atoms with Crippen LogP contribution in [0.1, 0.15) is 37.8 Å². The van der Waals surface area contributed by atoms with Crippen molar-refractivity contribution in [2.24, 2.45) is 11.8 Å². The van der Waals surface area contributed by atoms with Crippen LogP contribution >= 0.6 is 12.2 Å². The van der Waals surface area contributed by atoms with Gasteiger partial charge in [0.25, 0.3) is 0 Å². The lowest BCUT2D eigenvalue weighted by Gasteiger charge is -2.35. The van der Waals surface area contributed by atoms with Gasteiger partial charge < -0.3 is 15.5 Å². The van der Waals surface area contributed by atoms with Crippen molar-refractivity contribution in [1.29, 1.82) is 0 Å². The second-order valence-corrected chi connectivity index (χ2v) is 7.67. The van der Waals surface area contributed by atoms with Crippen LogP contribution in [0.4, 0.5) is 5.69 Å². The second-order valence-electron chi connectivity index (χ2n) is 7.26. The van der Waals surface area contributed by atoms with Crippen LogP contribution in [0.2, 0.25) is 0 Å². The third-order valence-electron chi connectivity index (χ3n) is 4.51. The number of nitrogens with zero attached hydrogens (tertiary/aromatic N) is 1. The Kier molecular flexibility index (Phi) is 6.85. The molecule has 0 spiro atoms. The van der Waals surface area contributed by atoms with E-state index in [1.54, 1.807) is 0 Å². The summed E-state index contributed by atoms with van der Waals surface area (Å²) in [4.78, 5) is 2.60. The maximum absolute atomic E-state index is 5.40. The molecule has 2 N–H and O–H groups in total. The van der Waals surface area contributed by atoms with E-state index in [-0.39, 0.29) is 0 Å². The van der Waals surface area contributed by atoms with Gasteiger partial charge in [-0.3, -0.25) is 0 Å². The van der Waals surface area contributed by atoms with Crippen molar-refractivity contribution in [3.8, 4) is 0 Å². The Balaban J connectivity index is 1.67. The SMILES string of the molecule is Cc1ccc(NC(=S)NCCCN2C[C@@H](C)C[C@H](C)C2)c(C)c1. The summed E-state index contributed by atoms with van der Waals surface area (Å²) in [5.74, 6) is 1.66. The fourth-order valence-electron chi connectivity index (χ4n) is 3.60. The molecule has 1 aliphatic rings. The predicted octanol–water partition coefficient (Wildman–Crippen LogP) is 3.96. The minimum Gasteiger partial charge on any atom is -0.362 e. The van der Waals surface area contributed by atoms with Gasteiger partial charge in [-0.15, -0.1) is 0 Å². The summed E-state index contributed by atoms with van der Waals surface area (Å²) in [6, 6.07) is 6.37. The van der Waals surface area contributed by atoms with Gasteiger partial charge in [0, 0.05) is 25.3 Å². The molecule has 0 amide bonds. The fraction of sp³-hybridized carbons (Fsp3) is 0.632. The number of hydrogen-bond acceptors (Lipinski definition) is 2. The highest BCUT2D eigenvalue weighted by atomic mass is 32.1. The number of benzene rings is 1. The highest BCUT2D eigenvalue weighted by Crippen LogP contribution is 2.20. The summed E-state index contributed by atoms with van der Waals surface area (Å²) in [6.45, 7) is 13.5. The smallest absolute Gasteiger partial charge is 0.170 e. The number of nitrogens with one attached hydrogen (secondary N) is 2. The van der Waals surface area contributed by atoms with Gasteiger partial charge >= 0.3 is 0 Å². The monoisotopic (exact) mass is 333 g/mol. The highest BCUT2D eigenvalue weighted by Gasteiger charge is 2.20. The second kappa shape index (κ2) is 8.65. The summed E-state index contributed by atoms with van der Waals surface area (Å²) in [5.41, 5.74) is 3.59. The summed E-state index contributed by atoms with van der Waals surface area (Å²) < 4.78 is 0. The number of likely N-dealkylation sites (tertiary alicyclic amines) is 1. The van der Waals surface area contributed by atoms with Crippen LogP contribution in [-0.2, 0) is 0 Å². The van der Waals surface area contributed by atoms with Crippen molar-refractivity contribution in [3.05, 3.63) is 29.3 Å². The van der Waals surface area contributed by atoms with Gasteiger partial charge in [0.05, 0.1) is 0 Å². The molecule has 0 radical (unpaired) electrons. The van der Waals surface area contributed by atoms with Crippen molar-refractivity contribution in [3.63, 3.8) is 0 Å². The molecule has 0 unspecified atom stereocenters. The van der Waals surface area contributed by atoms with Crippen molar-refractivity contribution < 1.29 is 0 Å². The first kappa shape index (κ1) is 18.2. The van der Waals surface area contributed by atoms with Crippen LogP contribution in [0.15, 0.2) is 18.2 Å². The standard InChI is InChI=1S/C19H31N3S/c1-14-6-7-18(17(4)11-14)21-19(23)20-8-5-9-22-12-15(2)10-16(3)13-22/h6-7,11,15-16H,5,8-10,12-13H2,1-4H3,(H2,20,21,23)/t15-,16-/m0/s1. The van der Waals surface area contributed by atoms with Gasteiger partial charge in [0.2, 0.25) is 0 Å². The van der Waals surface area contributed by atoms with Gasteiger partial charge in [-0.05, 0) is 68.9 Å². The Morgan fingerprint density at radius 3 is 2.57 bits per heavy atom. The fourth-order valence-corrected chi connectivity index (χ4v) is 3.81. The van der Waals surface area contributed by atoms with Crippen molar-refractivity contribution in [1.82, 2.24) is 10.2 Å². The summed E-state index contributed by atoms with van der Waals surface area (Å²) in [6.07, 6.45) is 2.51. The molecular formula is C19H31N3S. The minimum atomic E-state index is 0.720. The molecule has 1 aliphatic heterocycles. The average Bonchev–Trinajstić information content (AvgIpc) is 2.46. The van der Waals surface area contributed by atoms with Gasteiger partial charge in [-0.2, -0.15) is 0 Å². The molecule has 1 fully saturated rings. The number of hydrogen-bond donors (Lipinski definition) is 2. The topological polar surface area (TPSA) is 27.3 Å². The quantitative estimate of drug-likeness (QED) is 0.630. The number of rotatable bonds is 5. The van der Waals surface area contributed by atoms with E-state index in [0.717, 1.165) is 42.1 Å². The maximum Gasteiger partial charge on any atom is 0.170 e. The van der Waals surface area contributed by atoms with Crippen molar-refractivity contribution in [2.45, 2.75) is 40.5 Å². The molecule has 2 atom stereocenters. The number of piperidine rings is 1. The maximum atomic E-state index is 5.40. The van der Waals surface area contributed by atoms with Crippen molar-refractivity contribution >= 4 is 23.0 Å². The van der Waals surface area contributed by atoms with E-state index in [2.05, 4.69) is 61.4 Å². The third-order valence-corrected chi connectivity index (χ3v) is 4.76. The number of thiocarbonyl (C=S) groups is 1. The zero-order chi connectivity index (χ0) is 16.8. The van der Waals surface area contributed by atoms with Crippen LogP contribution in [0.25, 0.3) is 0 Å². The van der Waals surface area contributed by atoms with E-state index >= 15 is 0 Å². The normalized spacial score (nSPS) is 21.9. The van der Waals surface area contributed by atoms with Crippen LogP contribution in [0, 0.1) is 25.7 Å². The van der Waals surface area contributed by atoms with E-state index in [1.165, 1.54) is 30.6 Å². The lowest BCUT2D eigenvalue weighted by molar-refractivity contribution is 0.140. The molecule has 0 aromatic heterocycles. The zero-order valence-electron chi connectivity index (χ0n) is 15.0. The van der Waals surface area contributed by atoms with Gasteiger partial charge in [0.15, 0.2) is 5.11 Å². The Morgan fingerprint density at radius 2 is 1.91 bits per heavy atom. The molecule has 1 heterocycles. The molecule has 1 aromatic carbocycles. The minimum absolute atomic E-state index is 0.720. The van der Waals surface area contributed by atoms with E-state index in [9.17, 15) is 0 Å². The predicted molar refractivity (Wildman–Crippen MR) is 104 cm³/mol. The largest absolute Gasteiger partial charge is 0.362 e. The lowest BCUT2D eigenvalue weighted by atomic mass is 9.92. The molecule has 2 rings (SSSR count). The Labute approximate surface area is 146 Å². The van der Waals surface area contributed by atoms with Crippen LogP contribution in [0.5, 0.6) is 0 Å². The molecular weight excluding hydrogens is 302 g/mol. The Hall–Kier alpha value is -1.13. The van der Waals surface area contributed by atoms with Gasteiger partial charge in [-0.1, -0.05) is 31.5 Å². The van der Waals surface area contributed by atoms with E-state index in [1.807, 2.05) is 0 Å². The summed E-state index contributed by atoms with van der Waals surface area (Å²) in [7, 11) is 0. The van der Waals surface area contributed by atoms with Crippen LogP contribution < -0.4 is 10.6 Å². The molecule has 1 aromatic rings. The van der Waals surface area contributed by atoms with Crippen LogP contribution in [0.3, 0.4) is 0 Å². The molecule has 3 nitrogen and oxygen atoms in total. The summed E-state index contributed by atoms with van der Waals surface area (Å²) in [5, 5.41) is 7.35. The molecule has 0 aliphatic carbocycles.